The van der Waals surface area contributed by atoms with Gasteiger partial charge in [-0.2, -0.15) is 0 Å². The standard InChI is InChI=1S/C19H23FN4O/c1-13-17(11-21-14(2)23-13)19(25)22-12-18(24-9-3-4-10-24)15-5-7-16(20)8-6-15/h5-8,11,18H,3-4,9-10,12H2,1-2H3,(H,22,25)/t18-/m0/s1. The van der Waals surface area contributed by atoms with Crippen LogP contribution in [0.2, 0.25) is 0 Å². The lowest BCUT2D eigenvalue weighted by Crippen LogP contribution is -2.37. The first-order valence-electron chi connectivity index (χ1n) is 8.62. The smallest absolute Gasteiger partial charge is 0.254 e. The third-order valence-corrected chi connectivity index (χ3v) is 4.64. The highest BCUT2D eigenvalue weighted by Gasteiger charge is 2.24. The highest BCUT2D eigenvalue weighted by Crippen LogP contribution is 2.25. The number of aryl methyl sites for hydroxylation is 2. The number of nitrogens with zero attached hydrogens (tertiary/aromatic N) is 3. The van der Waals surface area contributed by atoms with Crippen LogP contribution < -0.4 is 5.32 Å². The topological polar surface area (TPSA) is 58.1 Å². The second-order valence-electron chi connectivity index (χ2n) is 6.44. The van der Waals surface area contributed by atoms with E-state index < -0.39 is 0 Å². The van der Waals surface area contributed by atoms with E-state index in [4.69, 9.17) is 0 Å². The van der Waals surface area contributed by atoms with Gasteiger partial charge in [0.1, 0.15) is 11.6 Å². The molecule has 0 saturated carbocycles. The molecule has 1 saturated heterocycles. The number of aromatic nitrogens is 2. The zero-order chi connectivity index (χ0) is 17.8. The number of benzene rings is 1. The molecule has 0 unspecified atom stereocenters. The van der Waals surface area contributed by atoms with Gasteiger partial charge < -0.3 is 5.32 Å². The van der Waals surface area contributed by atoms with E-state index >= 15 is 0 Å². The Morgan fingerprint density at radius 3 is 2.56 bits per heavy atom. The summed E-state index contributed by atoms with van der Waals surface area (Å²) in [5.74, 6) is 0.222. The summed E-state index contributed by atoms with van der Waals surface area (Å²) in [6.45, 7) is 6.06. The van der Waals surface area contributed by atoms with Crippen molar-refractivity contribution < 1.29 is 9.18 Å². The van der Waals surface area contributed by atoms with Crippen LogP contribution in [0.3, 0.4) is 0 Å². The monoisotopic (exact) mass is 342 g/mol. The molecule has 1 aromatic carbocycles. The molecule has 1 N–H and O–H groups in total. The number of carbonyl (C=O) groups excluding carboxylic acids is 1. The summed E-state index contributed by atoms with van der Waals surface area (Å²) in [6, 6.07) is 6.57. The molecule has 1 amide bonds. The van der Waals surface area contributed by atoms with Gasteiger partial charge in [0.2, 0.25) is 0 Å². The Bertz CT molecular complexity index is 742. The number of amides is 1. The molecular weight excluding hydrogens is 319 g/mol. The van der Waals surface area contributed by atoms with E-state index in [-0.39, 0.29) is 17.8 Å². The van der Waals surface area contributed by atoms with E-state index in [1.165, 1.54) is 12.1 Å². The van der Waals surface area contributed by atoms with Gasteiger partial charge in [0.05, 0.1) is 17.3 Å². The van der Waals surface area contributed by atoms with Gasteiger partial charge in [-0.25, -0.2) is 14.4 Å². The molecule has 0 radical (unpaired) electrons. The minimum Gasteiger partial charge on any atom is -0.350 e. The molecule has 1 atom stereocenters. The summed E-state index contributed by atoms with van der Waals surface area (Å²) in [5.41, 5.74) is 2.18. The number of hydrogen-bond donors (Lipinski definition) is 1. The highest BCUT2D eigenvalue weighted by atomic mass is 19.1. The first-order valence-corrected chi connectivity index (χ1v) is 8.62. The molecule has 5 nitrogen and oxygen atoms in total. The second-order valence-corrected chi connectivity index (χ2v) is 6.44. The molecule has 1 aliphatic heterocycles. The Morgan fingerprint density at radius 1 is 1.24 bits per heavy atom. The van der Waals surface area contributed by atoms with Crippen LogP contribution in [0, 0.1) is 19.7 Å². The van der Waals surface area contributed by atoms with Crippen LogP contribution in [0.1, 0.15) is 46.3 Å². The Balaban J connectivity index is 1.73. The van der Waals surface area contributed by atoms with Crippen LogP contribution in [0.5, 0.6) is 0 Å². The van der Waals surface area contributed by atoms with Crippen LogP contribution in [0.15, 0.2) is 30.5 Å². The Kier molecular flexibility index (Phi) is 5.38. The molecular formula is C19H23FN4O. The Morgan fingerprint density at radius 2 is 1.92 bits per heavy atom. The molecule has 0 bridgehead atoms. The van der Waals surface area contributed by atoms with Gasteiger partial charge in [0.15, 0.2) is 0 Å². The lowest BCUT2D eigenvalue weighted by Gasteiger charge is -2.28. The molecule has 1 fully saturated rings. The normalized spacial score (nSPS) is 16.0. The van der Waals surface area contributed by atoms with Crippen molar-refractivity contribution >= 4 is 5.91 Å². The number of rotatable bonds is 5. The maximum Gasteiger partial charge on any atom is 0.254 e. The average molecular weight is 342 g/mol. The van der Waals surface area contributed by atoms with Crippen molar-refractivity contribution in [3.05, 3.63) is 58.9 Å². The van der Waals surface area contributed by atoms with Gasteiger partial charge in [-0.05, 0) is 57.5 Å². The van der Waals surface area contributed by atoms with Gasteiger partial charge in [-0.1, -0.05) is 12.1 Å². The number of halogens is 1. The summed E-state index contributed by atoms with van der Waals surface area (Å²) < 4.78 is 13.2. The Labute approximate surface area is 147 Å². The van der Waals surface area contributed by atoms with Crippen molar-refractivity contribution in [1.82, 2.24) is 20.2 Å². The van der Waals surface area contributed by atoms with Gasteiger partial charge >= 0.3 is 0 Å². The first-order chi connectivity index (χ1) is 12.0. The summed E-state index contributed by atoms with van der Waals surface area (Å²) >= 11 is 0. The molecule has 6 heteroatoms. The Hall–Kier alpha value is -2.34. The van der Waals surface area contributed by atoms with E-state index in [1.54, 1.807) is 25.3 Å². The number of carbonyl (C=O) groups is 1. The van der Waals surface area contributed by atoms with Crippen LogP contribution in [0.25, 0.3) is 0 Å². The van der Waals surface area contributed by atoms with Crippen molar-refractivity contribution in [2.24, 2.45) is 0 Å². The highest BCUT2D eigenvalue weighted by molar-refractivity contribution is 5.94. The van der Waals surface area contributed by atoms with Crippen molar-refractivity contribution in [3.8, 4) is 0 Å². The summed E-state index contributed by atoms with van der Waals surface area (Å²) in [6.07, 6.45) is 3.86. The molecule has 2 aromatic rings. The van der Waals surface area contributed by atoms with Gasteiger partial charge in [0.25, 0.3) is 5.91 Å². The van der Waals surface area contributed by atoms with E-state index in [0.717, 1.165) is 31.5 Å². The van der Waals surface area contributed by atoms with Crippen LogP contribution >= 0.6 is 0 Å². The summed E-state index contributed by atoms with van der Waals surface area (Å²) in [5, 5.41) is 2.99. The average Bonchev–Trinajstić information content (AvgIpc) is 3.10. The fourth-order valence-electron chi connectivity index (χ4n) is 3.29. The van der Waals surface area contributed by atoms with Crippen molar-refractivity contribution in [2.75, 3.05) is 19.6 Å². The quantitative estimate of drug-likeness (QED) is 0.908. The fraction of sp³-hybridized carbons (Fsp3) is 0.421. The predicted octanol–water partition coefficient (Wildman–Crippen LogP) is 2.80. The lowest BCUT2D eigenvalue weighted by molar-refractivity contribution is 0.0936. The molecule has 1 aliphatic rings. The molecule has 25 heavy (non-hydrogen) atoms. The minimum absolute atomic E-state index is 0.0405. The van der Waals surface area contributed by atoms with Crippen molar-refractivity contribution in [3.63, 3.8) is 0 Å². The van der Waals surface area contributed by atoms with Crippen LogP contribution in [-0.2, 0) is 0 Å². The molecule has 3 rings (SSSR count). The zero-order valence-corrected chi connectivity index (χ0v) is 14.6. The predicted molar refractivity (Wildman–Crippen MR) is 93.8 cm³/mol. The number of nitrogens with one attached hydrogen (secondary N) is 1. The largest absolute Gasteiger partial charge is 0.350 e. The van der Waals surface area contributed by atoms with Gasteiger partial charge in [-0.3, -0.25) is 9.69 Å². The zero-order valence-electron chi connectivity index (χ0n) is 14.6. The van der Waals surface area contributed by atoms with Gasteiger partial charge in [0, 0.05) is 12.7 Å². The van der Waals surface area contributed by atoms with E-state index in [1.807, 2.05) is 6.92 Å². The fourth-order valence-corrected chi connectivity index (χ4v) is 3.29. The minimum atomic E-state index is -0.250. The first kappa shape index (κ1) is 17.5. The number of hydrogen-bond acceptors (Lipinski definition) is 4. The number of likely N-dealkylation sites (tertiary alicyclic amines) is 1. The maximum atomic E-state index is 13.2. The third-order valence-electron chi connectivity index (χ3n) is 4.64. The molecule has 0 aliphatic carbocycles. The SMILES string of the molecule is Cc1ncc(C(=O)NC[C@@H](c2ccc(F)cc2)N2CCCC2)c(C)n1. The van der Waals surface area contributed by atoms with Crippen molar-refractivity contribution in [1.29, 1.82) is 0 Å². The van der Waals surface area contributed by atoms with E-state index in [0.29, 0.717) is 23.6 Å². The lowest BCUT2D eigenvalue weighted by atomic mass is 10.1. The van der Waals surface area contributed by atoms with Gasteiger partial charge in [-0.15, -0.1) is 0 Å². The van der Waals surface area contributed by atoms with Crippen LogP contribution in [0.4, 0.5) is 4.39 Å². The molecule has 0 spiro atoms. The maximum absolute atomic E-state index is 13.2. The molecule has 2 heterocycles. The summed E-state index contributed by atoms with van der Waals surface area (Å²) in [4.78, 5) is 23.2. The third kappa shape index (κ3) is 4.20. The second kappa shape index (κ2) is 7.70. The molecule has 132 valence electrons. The van der Waals surface area contributed by atoms with Crippen molar-refractivity contribution in [2.45, 2.75) is 32.7 Å². The van der Waals surface area contributed by atoms with E-state index in [9.17, 15) is 9.18 Å². The summed E-state index contributed by atoms with van der Waals surface area (Å²) in [7, 11) is 0. The van der Waals surface area contributed by atoms with E-state index in [2.05, 4.69) is 20.2 Å². The molecule has 1 aromatic heterocycles. The van der Waals surface area contributed by atoms with Crippen LogP contribution in [-0.4, -0.2) is 40.4 Å².